The monoisotopic (exact) mass is 188 g/mol. The van der Waals surface area contributed by atoms with E-state index < -0.39 is 5.60 Å². The molecule has 1 aromatic rings. The van der Waals surface area contributed by atoms with Crippen LogP contribution in [0.15, 0.2) is 36.4 Å². The molecule has 0 aromatic heterocycles. The molecule has 0 saturated carbocycles. The summed E-state index contributed by atoms with van der Waals surface area (Å²) in [6, 6.07) is 8.16. The standard InChI is InChI=1S/C13H16O/c1-10(2)9-13(14)8-7-11-5-3-4-6-12(11)13/h3-6,14H,1,7-9H2,2H3/t13-/m0/s1. The smallest absolute Gasteiger partial charge is 0.0939 e. The van der Waals surface area contributed by atoms with Gasteiger partial charge in [0.15, 0.2) is 0 Å². The van der Waals surface area contributed by atoms with Crippen molar-refractivity contribution in [1.29, 1.82) is 0 Å². The lowest BCUT2D eigenvalue weighted by molar-refractivity contribution is 0.0391. The third kappa shape index (κ3) is 1.48. The van der Waals surface area contributed by atoms with Gasteiger partial charge < -0.3 is 5.11 Å². The van der Waals surface area contributed by atoms with Gasteiger partial charge in [0, 0.05) is 6.42 Å². The zero-order chi connectivity index (χ0) is 10.2. The van der Waals surface area contributed by atoms with Crippen LogP contribution in [0.1, 0.15) is 30.9 Å². The maximum absolute atomic E-state index is 10.5. The average molecular weight is 188 g/mol. The summed E-state index contributed by atoms with van der Waals surface area (Å²) in [6.45, 7) is 5.85. The van der Waals surface area contributed by atoms with Gasteiger partial charge in [-0.05, 0) is 30.9 Å². The fraction of sp³-hybridized carbons (Fsp3) is 0.385. The normalized spacial score (nSPS) is 24.7. The third-order valence-electron chi connectivity index (χ3n) is 2.92. The summed E-state index contributed by atoms with van der Waals surface area (Å²) < 4.78 is 0. The van der Waals surface area contributed by atoms with Crippen molar-refractivity contribution in [2.45, 2.75) is 31.8 Å². The molecule has 1 atom stereocenters. The van der Waals surface area contributed by atoms with Crippen LogP contribution in [-0.2, 0) is 12.0 Å². The Labute approximate surface area is 85.1 Å². The minimum atomic E-state index is -0.650. The number of hydrogen-bond acceptors (Lipinski definition) is 1. The van der Waals surface area contributed by atoms with E-state index in [1.54, 1.807) is 0 Å². The maximum atomic E-state index is 10.5. The maximum Gasteiger partial charge on any atom is 0.0939 e. The summed E-state index contributed by atoms with van der Waals surface area (Å²) in [5.41, 5.74) is 2.78. The second kappa shape index (κ2) is 3.25. The van der Waals surface area contributed by atoms with Crippen LogP contribution in [0.2, 0.25) is 0 Å². The summed E-state index contributed by atoms with van der Waals surface area (Å²) in [5.74, 6) is 0. The van der Waals surface area contributed by atoms with E-state index in [9.17, 15) is 5.11 Å². The van der Waals surface area contributed by atoms with E-state index in [1.807, 2.05) is 25.1 Å². The van der Waals surface area contributed by atoms with E-state index in [0.29, 0.717) is 6.42 Å². The van der Waals surface area contributed by atoms with Gasteiger partial charge in [0.25, 0.3) is 0 Å². The minimum Gasteiger partial charge on any atom is -0.385 e. The summed E-state index contributed by atoms with van der Waals surface area (Å²) in [5, 5.41) is 10.5. The molecule has 1 heteroatoms. The molecule has 1 aliphatic carbocycles. The van der Waals surface area contributed by atoms with Crippen LogP contribution in [0.5, 0.6) is 0 Å². The van der Waals surface area contributed by atoms with Crippen LogP contribution < -0.4 is 0 Å². The van der Waals surface area contributed by atoms with Crippen molar-refractivity contribution in [2.75, 3.05) is 0 Å². The predicted molar refractivity (Wildman–Crippen MR) is 58.1 cm³/mol. The molecule has 2 rings (SSSR count). The number of benzene rings is 1. The largest absolute Gasteiger partial charge is 0.385 e. The first-order valence-corrected chi connectivity index (χ1v) is 5.07. The number of fused-ring (bicyclic) bond motifs is 1. The molecule has 1 N–H and O–H groups in total. The lowest BCUT2D eigenvalue weighted by Crippen LogP contribution is -2.22. The van der Waals surface area contributed by atoms with E-state index in [-0.39, 0.29) is 0 Å². The van der Waals surface area contributed by atoms with Crippen molar-refractivity contribution in [3.63, 3.8) is 0 Å². The van der Waals surface area contributed by atoms with Crippen molar-refractivity contribution in [3.05, 3.63) is 47.5 Å². The molecule has 1 nitrogen and oxygen atoms in total. The first-order chi connectivity index (χ1) is 6.62. The first-order valence-electron chi connectivity index (χ1n) is 5.07. The van der Waals surface area contributed by atoms with Crippen LogP contribution >= 0.6 is 0 Å². The van der Waals surface area contributed by atoms with Crippen LogP contribution in [-0.4, -0.2) is 5.11 Å². The second-order valence-electron chi connectivity index (χ2n) is 4.32. The molecule has 0 unspecified atom stereocenters. The highest BCUT2D eigenvalue weighted by atomic mass is 16.3. The summed E-state index contributed by atoms with van der Waals surface area (Å²) in [6.07, 6.45) is 2.50. The molecule has 0 amide bonds. The van der Waals surface area contributed by atoms with E-state index >= 15 is 0 Å². The number of aryl methyl sites for hydroxylation is 1. The summed E-state index contributed by atoms with van der Waals surface area (Å²) in [7, 11) is 0. The molecule has 1 aromatic carbocycles. The van der Waals surface area contributed by atoms with Gasteiger partial charge in [-0.1, -0.05) is 29.8 Å². The SMILES string of the molecule is C=C(C)C[C@@]1(O)CCc2ccccc21. The van der Waals surface area contributed by atoms with E-state index in [0.717, 1.165) is 24.0 Å². The Bertz CT molecular complexity index is 367. The molecule has 0 saturated heterocycles. The fourth-order valence-corrected chi connectivity index (χ4v) is 2.35. The van der Waals surface area contributed by atoms with Gasteiger partial charge >= 0.3 is 0 Å². The van der Waals surface area contributed by atoms with E-state index in [2.05, 4.69) is 12.6 Å². The topological polar surface area (TPSA) is 20.2 Å². The van der Waals surface area contributed by atoms with Crippen LogP contribution in [0.3, 0.4) is 0 Å². The highest BCUT2D eigenvalue weighted by Crippen LogP contribution is 2.40. The third-order valence-corrected chi connectivity index (χ3v) is 2.92. The summed E-state index contributed by atoms with van der Waals surface area (Å²) >= 11 is 0. The number of hydrogen-bond donors (Lipinski definition) is 1. The van der Waals surface area contributed by atoms with Gasteiger partial charge in [-0.2, -0.15) is 0 Å². The lowest BCUT2D eigenvalue weighted by Gasteiger charge is -2.24. The van der Waals surface area contributed by atoms with Crippen molar-refractivity contribution in [2.24, 2.45) is 0 Å². The molecule has 0 radical (unpaired) electrons. The Kier molecular flexibility index (Phi) is 2.20. The molecular weight excluding hydrogens is 172 g/mol. The second-order valence-corrected chi connectivity index (χ2v) is 4.32. The van der Waals surface area contributed by atoms with Gasteiger partial charge in [0.05, 0.1) is 5.60 Å². The van der Waals surface area contributed by atoms with Gasteiger partial charge in [-0.25, -0.2) is 0 Å². The first kappa shape index (κ1) is 9.47. The van der Waals surface area contributed by atoms with E-state index in [4.69, 9.17) is 0 Å². The molecule has 1 aliphatic rings. The van der Waals surface area contributed by atoms with Gasteiger partial charge in [-0.3, -0.25) is 0 Å². The Balaban J connectivity index is 2.37. The highest BCUT2D eigenvalue weighted by molar-refractivity contribution is 5.37. The van der Waals surface area contributed by atoms with Crippen LogP contribution in [0.25, 0.3) is 0 Å². The minimum absolute atomic E-state index is 0.650. The summed E-state index contributed by atoms with van der Waals surface area (Å²) in [4.78, 5) is 0. The van der Waals surface area contributed by atoms with Gasteiger partial charge in [0.1, 0.15) is 0 Å². The Hall–Kier alpha value is -1.08. The molecule has 0 spiro atoms. The molecule has 14 heavy (non-hydrogen) atoms. The van der Waals surface area contributed by atoms with E-state index in [1.165, 1.54) is 5.56 Å². The Morgan fingerprint density at radius 1 is 1.50 bits per heavy atom. The van der Waals surface area contributed by atoms with Crippen molar-refractivity contribution in [3.8, 4) is 0 Å². The van der Waals surface area contributed by atoms with Crippen molar-refractivity contribution >= 4 is 0 Å². The zero-order valence-electron chi connectivity index (χ0n) is 8.59. The van der Waals surface area contributed by atoms with Crippen molar-refractivity contribution in [1.82, 2.24) is 0 Å². The quantitative estimate of drug-likeness (QED) is 0.707. The molecule has 0 aliphatic heterocycles. The number of rotatable bonds is 2. The molecule has 0 heterocycles. The Morgan fingerprint density at radius 2 is 2.21 bits per heavy atom. The lowest BCUT2D eigenvalue weighted by atomic mass is 9.90. The highest BCUT2D eigenvalue weighted by Gasteiger charge is 2.35. The average Bonchev–Trinajstić information content (AvgIpc) is 2.44. The predicted octanol–water partition coefficient (Wildman–Crippen LogP) is 2.79. The fourth-order valence-electron chi connectivity index (χ4n) is 2.35. The van der Waals surface area contributed by atoms with Gasteiger partial charge in [-0.15, -0.1) is 6.58 Å². The molecule has 0 bridgehead atoms. The zero-order valence-corrected chi connectivity index (χ0v) is 8.59. The molecular formula is C13H16O. The van der Waals surface area contributed by atoms with Crippen molar-refractivity contribution < 1.29 is 5.11 Å². The Morgan fingerprint density at radius 3 is 2.93 bits per heavy atom. The number of aliphatic hydroxyl groups is 1. The van der Waals surface area contributed by atoms with Crippen LogP contribution in [0.4, 0.5) is 0 Å². The van der Waals surface area contributed by atoms with Gasteiger partial charge in [0.2, 0.25) is 0 Å². The molecule has 0 fully saturated rings. The molecule has 74 valence electrons. The van der Waals surface area contributed by atoms with Crippen LogP contribution in [0, 0.1) is 0 Å².